The van der Waals surface area contributed by atoms with Gasteiger partial charge in [0, 0.05) is 36.4 Å². The maximum Gasteiger partial charge on any atom is 0.225 e. The Hall–Kier alpha value is -3.29. The number of piperidine rings is 1. The largest absolute Gasteiger partial charge is 0.369 e. The van der Waals surface area contributed by atoms with Gasteiger partial charge in [0.2, 0.25) is 11.8 Å². The molecule has 1 saturated carbocycles. The van der Waals surface area contributed by atoms with Crippen LogP contribution in [0.1, 0.15) is 37.2 Å². The highest BCUT2D eigenvalue weighted by Gasteiger charge is 2.41. The van der Waals surface area contributed by atoms with Crippen molar-refractivity contribution in [1.29, 1.82) is 0 Å². The van der Waals surface area contributed by atoms with Gasteiger partial charge in [-0.2, -0.15) is 0 Å². The molecule has 172 valence electrons. The number of nitrogens with zero attached hydrogens (tertiary/aromatic N) is 1. The molecule has 3 N–H and O–H groups in total. The number of rotatable bonds is 4. The summed E-state index contributed by atoms with van der Waals surface area (Å²) in [7, 11) is 0. The zero-order valence-corrected chi connectivity index (χ0v) is 17.9. The summed E-state index contributed by atoms with van der Waals surface area (Å²) in [5, 5.41) is 0.449. The standard InChI is InChI=1S/C25H24F3N3O2/c26-17-3-1-13(2-4-17)22-21(19-11-18(27)12-20(28)23(19)30-22)15-9-16(10-15)25(33)31-7-5-14(6-8-31)24(29)32/h1-4,11-12,14-16,30H,5-10H2,(H2,29,32). The van der Waals surface area contributed by atoms with Crippen LogP contribution in [0.5, 0.6) is 0 Å². The van der Waals surface area contributed by atoms with Crippen molar-refractivity contribution in [2.75, 3.05) is 13.1 Å². The molecule has 1 aromatic heterocycles. The Morgan fingerprint density at radius 1 is 0.939 bits per heavy atom. The van der Waals surface area contributed by atoms with Crippen LogP contribution in [0, 0.1) is 29.3 Å². The average Bonchev–Trinajstić information content (AvgIpc) is 3.12. The second-order valence-corrected chi connectivity index (χ2v) is 9.10. The highest BCUT2D eigenvalue weighted by molar-refractivity contribution is 5.92. The van der Waals surface area contributed by atoms with Gasteiger partial charge in [-0.3, -0.25) is 9.59 Å². The van der Waals surface area contributed by atoms with Gasteiger partial charge in [0.05, 0.1) is 11.2 Å². The average molecular weight is 455 g/mol. The normalized spacial score (nSPS) is 21.2. The lowest BCUT2D eigenvalue weighted by Crippen LogP contribution is -2.46. The van der Waals surface area contributed by atoms with Crippen LogP contribution in [0.15, 0.2) is 36.4 Å². The quantitative estimate of drug-likeness (QED) is 0.609. The third-order valence-electron chi connectivity index (χ3n) is 7.10. The molecule has 5 rings (SSSR count). The molecule has 0 bridgehead atoms. The molecule has 0 radical (unpaired) electrons. The van der Waals surface area contributed by atoms with Crippen molar-refractivity contribution in [3.8, 4) is 11.3 Å². The molecule has 2 heterocycles. The molecule has 5 nitrogen and oxygen atoms in total. The first-order valence-electron chi connectivity index (χ1n) is 11.2. The van der Waals surface area contributed by atoms with Gasteiger partial charge in [-0.25, -0.2) is 13.2 Å². The summed E-state index contributed by atoms with van der Waals surface area (Å²) in [4.78, 5) is 29.2. The molecule has 33 heavy (non-hydrogen) atoms. The fraction of sp³-hybridized carbons (Fsp3) is 0.360. The third kappa shape index (κ3) is 3.87. The Morgan fingerprint density at radius 3 is 2.24 bits per heavy atom. The first kappa shape index (κ1) is 21.6. The number of likely N-dealkylation sites (tertiary alicyclic amines) is 1. The minimum absolute atomic E-state index is 0.0507. The number of carbonyl (C=O) groups is 2. The van der Waals surface area contributed by atoms with Crippen LogP contribution in [0.2, 0.25) is 0 Å². The summed E-state index contributed by atoms with van der Waals surface area (Å²) in [6.45, 7) is 1.02. The Kier molecular flexibility index (Phi) is 5.38. The number of amides is 2. The Bertz CT molecular complexity index is 1220. The topological polar surface area (TPSA) is 79.2 Å². The van der Waals surface area contributed by atoms with E-state index in [4.69, 9.17) is 5.73 Å². The number of aromatic amines is 1. The van der Waals surface area contributed by atoms with E-state index in [2.05, 4.69) is 4.98 Å². The molecule has 1 aliphatic heterocycles. The van der Waals surface area contributed by atoms with Gasteiger partial charge in [-0.15, -0.1) is 0 Å². The summed E-state index contributed by atoms with van der Waals surface area (Å²) in [5.74, 6) is -2.44. The lowest BCUT2D eigenvalue weighted by atomic mass is 9.69. The fourth-order valence-corrected chi connectivity index (χ4v) is 5.21. The van der Waals surface area contributed by atoms with Crippen molar-refractivity contribution in [3.05, 3.63) is 59.4 Å². The van der Waals surface area contributed by atoms with Gasteiger partial charge in [-0.05, 0) is 73.1 Å². The SMILES string of the molecule is NC(=O)C1CCN(C(=O)C2CC(c3c(-c4ccc(F)cc4)[nH]c4c(F)cc(F)cc34)C2)CC1. The van der Waals surface area contributed by atoms with E-state index in [1.54, 1.807) is 17.0 Å². The third-order valence-corrected chi connectivity index (χ3v) is 7.10. The lowest BCUT2D eigenvalue weighted by molar-refractivity contribution is -0.141. The number of carbonyl (C=O) groups excluding carboxylic acids is 2. The predicted molar refractivity (Wildman–Crippen MR) is 118 cm³/mol. The summed E-state index contributed by atoms with van der Waals surface area (Å²) in [5.41, 5.74) is 7.62. The van der Waals surface area contributed by atoms with Crippen LogP contribution in [-0.4, -0.2) is 34.8 Å². The second-order valence-electron chi connectivity index (χ2n) is 9.10. The van der Waals surface area contributed by atoms with Gasteiger partial charge in [0.25, 0.3) is 0 Å². The first-order valence-corrected chi connectivity index (χ1v) is 11.2. The highest BCUT2D eigenvalue weighted by atomic mass is 19.1. The fourth-order valence-electron chi connectivity index (χ4n) is 5.21. The number of halogens is 3. The van der Waals surface area contributed by atoms with E-state index in [0.29, 0.717) is 55.4 Å². The summed E-state index contributed by atoms with van der Waals surface area (Å²) < 4.78 is 42.0. The van der Waals surface area contributed by atoms with Gasteiger partial charge in [0.1, 0.15) is 17.5 Å². The molecule has 1 aliphatic carbocycles. The van der Waals surface area contributed by atoms with Gasteiger partial charge >= 0.3 is 0 Å². The van der Waals surface area contributed by atoms with E-state index >= 15 is 0 Å². The second kappa shape index (κ2) is 8.24. The number of aromatic nitrogens is 1. The van der Waals surface area contributed by atoms with Crippen LogP contribution in [0.3, 0.4) is 0 Å². The Morgan fingerprint density at radius 2 is 1.61 bits per heavy atom. The summed E-state index contributed by atoms with van der Waals surface area (Å²) >= 11 is 0. The molecule has 0 spiro atoms. The number of benzene rings is 2. The number of nitrogens with one attached hydrogen (secondary N) is 1. The van der Waals surface area contributed by atoms with Gasteiger partial charge in [0.15, 0.2) is 0 Å². The minimum Gasteiger partial charge on any atom is -0.369 e. The highest BCUT2D eigenvalue weighted by Crippen LogP contribution is 2.49. The summed E-state index contributed by atoms with van der Waals surface area (Å²) in [6.07, 6.45) is 2.28. The predicted octanol–water partition coefficient (Wildman–Crippen LogP) is 4.47. The number of H-pyrrole nitrogens is 1. The first-order chi connectivity index (χ1) is 15.8. The number of fused-ring (bicyclic) bond motifs is 1. The van der Waals surface area contributed by atoms with Crippen molar-refractivity contribution < 1.29 is 22.8 Å². The van der Waals surface area contributed by atoms with Crippen LogP contribution in [0.25, 0.3) is 22.2 Å². The smallest absolute Gasteiger partial charge is 0.225 e. The molecule has 8 heteroatoms. The van der Waals surface area contributed by atoms with Gasteiger partial charge in [-0.1, -0.05) is 0 Å². The molecule has 3 aromatic rings. The summed E-state index contributed by atoms with van der Waals surface area (Å²) in [6, 6.07) is 7.99. The zero-order valence-electron chi connectivity index (χ0n) is 17.9. The van der Waals surface area contributed by atoms with Crippen LogP contribution < -0.4 is 5.73 Å². The number of primary amides is 1. The monoisotopic (exact) mass is 455 g/mol. The molecule has 0 atom stereocenters. The van der Waals surface area contributed by atoms with E-state index in [0.717, 1.165) is 11.6 Å². The van der Waals surface area contributed by atoms with E-state index in [-0.39, 0.29) is 40.9 Å². The van der Waals surface area contributed by atoms with Crippen LogP contribution >= 0.6 is 0 Å². The maximum atomic E-state index is 14.5. The molecule has 2 aromatic carbocycles. The molecule has 2 aliphatic rings. The molecular weight excluding hydrogens is 431 g/mol. The Labute approximate surface area is 188 Å². The van der Waals surface area contributed by atoms with E-state index in [1.807, 2.05) is 0 Å². The number of hydrogen-bond donors (Lipinski definition) is 2. The molecular formula is C25H24F3N3O2. The number of hydrogen-bond acceptors (Lipinski definition) is 2. The van der Waals surface area contributed by atoms with Crippen LogP contribution in [-0.2, 0) is 9.59 Å². The van der Waals surface area contributed by atoms with Gasteiger partial charge < -0.3 is 15.6 Å². The van der Waals surface area contributed by atoms with E-state index < -0.39 is 11.6 Å². The number of nitrogens with two attached hydrogens (primary N) is 1. The molecule has 0 unspecified atom stereocenters. The van der Waals surface area contributed by atoms with E-state index in [1.165, 1.54) is 18.2 Å². The minimum atomic E-state index is -0.691. The lowest BCUT2D eigenvalue weighted by Gasteiger charge is -2.40. The zero-order chi connectivity index (χ0) is 23.3. The van der Waals surface area contributed by atoms with Crippen LogP contribution in [0.4, 0.5) is 13.2 Å². The van der Waals surface area contributed by atoms with Crippen molar-refractivity contribution >= 4 is 22.7 Å². The van der Waals surface area contributed by atoms with Crippen molar-refractivity contribution in [2.45, 2.75) is 31.6 Å². The molecule has 1 saturated heterocycles. The molecule has 2 fully saturated rings. The van der Waals surface area contributed by atoms with Crippen molar-refractivity contribution in [3.63, 3.8) is 0 Å². The van der Waals surface area contributed by atoms with Crippen molar-refractivity contribution in [1.82, 2.24) is 9.88 Å². The van der Waals surface area contributed by atoms with E-state index in [9.17, 15) is 22.8 Å². The molecule has 2 amide bonds. The maximum absolute atomic E-state index is 14.5. The van der Waals surface area contributed by atoms with Crippen molar-refractivity contribution in [2.24, 2.45) is 17.6 Å². The Balaban J connectivity index is 1.40.